The zero-order chi connectivity index (χ0) is 28.6. The fraction of sp³-hybridized carbons (Fsp3) is 0.333. The van der Waals surface area contributed by atoms with E-state index in [1.54, 1.807) is 56.5 Å². The van der Waals surface area contributed by atoms with E-state index in [-0.39, 0.29) is 17.3 Å². The molecule has 0 heterocycles. The van der Waals surface area contributed by atoms with Crippen LogP contribution in [0.5, 0.6) is 5.75 Å². The van der Waals surface area contributed by atoms with Crippen molar-refractivity contribution < 1.29 is 22.7 Å². The third-order valence-corrected chi connectivity index (χ3v) is 8.21. The maximum absolute atomic E-state index is 14.0. The Labute approximate surface area is 231 Å². The maximum Gasteiger partial charge on any atom is 0.264 e. The van der Waals surface area contributed by atoms with E-state index < -0.39 is 28.5 Å². The van der Waals surface area contributed by atoms with Gasteiger partial charge in [0.15, 0.2) is 0 Å². The van der Waals surface area contributed by atoms with Gasteiger partial charge in [0.25, 0.3) is 10.0 Å². The molecule has 0 radical (unpaired) electrons. The van der Waals surface area contributed by atoms with Crippen LogP contribution in [0.3, 0.4) is 0 Å². The molecule has 39 heavy (non-hydrogen) atoms. The van der Waals surface area contributed by atoms with Gasteiger partial charge in [0.2, 0.25) is 11.8 Å². The molecule has 0 saturated heterocycles. The highest BCUT2D eigenvalue weighted by Gasteiger charge is 2.33. The summed E-state index contributed by atoms with van der Waals surface area (Å²) in [4.78, 5) is 28.4. The van der Waals surface area contributed by atoms with E-state index >= 15 is 0 Å². The highest BCUT2D eigenvalue weighted by atomic mass is 32.2. The lowest BCUT2D eigenvalue weighted by Gasteiger charge is -2.32. The maximum atomic E-state index is 14.0. The number of hydrogen-bond donors (Lipinski definition) is 1. The first kappa shape index (κ1) is 29.7. The molecule has 0 aliphatic heterocycles. The molecule has 0 aliphatic carbocycles. The van der Waals surface area contributed by atoms with Gasteiger partial charge in [0, 0.05) is 13.1 Å². The predicted octanol–water partition coefficient (Wildman–Crippen LogP) is 4.45. The van der Waals surface area contributed by atoms with Crippen molar-refractivity contribution in [2.24, 2.45) is 0 Å². The van der Waals surface area contributed by atoms with Gasteiger partial charge >= 0.3 is 0 Å². The number of anilines is 1. The molecule has 0 aliphatic rings. The summed E-state index contributed by atoms with van der Waals surface area (Å²) in [6.07, 6.45) is 0.748. The lowest BCUT2D eigenvalue weighted by Crippen LogP contribution is -2.51. The van der Waals surface area contributed by atoms with E-state index in [0.717, 1.165) is 27.4 Å². The third kappa shape index (κ3) is 7.38. The summed E-state index contributed by atoms with van der Waals surface area (Å²) in [5, 5.41) is 2.84. The van der Waals surface area contributed by atoms with Gasteiger partial charge in [-0.3, -0.25) is 13.9 Å². The van der Waals surface area contributed by atoms with Crippen molar-refractivity contribution in [1.29, 1.82) is 0 Å². The number of methoxy groups -OCH3 is 1. The van der Waals surface area contributed by atoms with Crippen LogP contribution in [0.2, 0.25) is 0 Å². The molecule has 3 rings (SSSR count). The average Bonchev–Trinajstić information content (AvgIpc) is 2.93. The van der Waals surface area contributed by atoms with E-state index in [1.165, 1.54) is 17.0 Å². The van der Waals surface area contributed by atoms with Crippen LogP contribution in [0.25, 0.3) is 0 Å². The minimum atomic E-state index is -4.10. The lowest BCUT2D eigenvalue weighted by atomic mass is 10.1. The number of aryl methyl sites for hydroxylation is 2. The molecular formula is C30H37N3O5S. The molecule has 0 aromatic heterocycles. The van der Waals surface area contributed by atoms with Gasteiger partial charge in [-0.05, 0) is 68.7 Å². The molecule has 3 aromatic rings. The summed E-state index contributed by atoms with van der Waals surface area (Å²) >= 11 is 0. The second-order valence-electron chi connectivity index (χ2n) is 9.45. The van der Waals surface area contributed by atoms with Gasteiger partial charge in [-0.2, -0.15) is 0 Å². The summed E-state index contributed by atoms with van der Waals surface area (Å²) in [6, 6.07) is 19.8. The van der Waals surface area contributed by atoms with Crippen LogP contribution in [0.1, 0.15) is 37.0 Å². The molecule has 0 bridgehead atoms. The zero-order valence-electron chi connectivity index (χ0n) is 23.2. The number of sulfonamides is 1. The van der Waals surface area contributed by atoms with Crippen LogP contribution < -0.4 is 14.4 Å². The van der Waals surface area contributed by atoms with Gasteiger partial charge in [-0.25, -0.2) is 8.42 Å². The number of amides is 2. The Bertz CT molecular complexity index is 1390. The lowest BCUT2D eigenvalue weighted by molar-refractivity contribution is -0.139. The summed E-state index contributed by atoms with van der Waals surface area (Å²) in [6.45, 7) is 7.43. The Morgan fingerprint density at radius 3 is 2.33 bits per heavy atom. The van der Waals surface area contributed by atoms with E-state index in [2.05, 4.69) is 5.32 Å². The molecule has 3 aromatic carbocycles. The smallest absolute Gasteiger partial charge is 0.264 e. The number of rotatable bonds is 12. The topological polar surface area (TPSA) is 96.0 Å². The van der Waals surface area contributed by atoms with Crippen molar-refractivity contribution in [2.75, 3.05) is 24.5 Å². The normalized spacial score (nSPS) is 11.9. The number of benzene rings is 3. The first-order valence-electron chi connectivity index (χ1n) is 12.9. The van der Waals surface area contributed by atoms with Crippen LogP contribution in [0, 0.1) is 13.8 Å². The van der Waals surface area contributed by atoms with Crippen molar-refractivity contribution >= 4 is 27.5 Å². The van der Waals surface area contributed by atoms with E-state index in [1.807, 2.05) is 39.0 Å². The second kappa shape index (κ2) is 13.3. The summed E-state index contributed by atoms with van der Waals surface area (Å²) in [7, 11) is -2.54. The van der Waals surface area contributed by atoms with Crippen LogP contribution in [0.15, 0.2) is 77.7 Å². The Hall–Kier alpha value is -3.85. The van der Waals surface area contributed by atoms with Crippen LogP contribution in [0.4, 0.5) is 5.69 Å². The third-order valence-electron chi connectivity index (χ3n) is 6.43. The minimum Gasteiger partial charge on any atom is -0.497 e. The zero-order valence-corrected chi connectivity index (χ0v) is 24.0. The fourth-order valence-corrected chi connectivity index (χ4v) is 5.76. The SMILES string of the molecule is CCCNC(=O)C(C)N(Cc1cccc(OC)c1)C(=O)CN(c1ccc(C)cc1C)S(=O)(=O)c1ccccc1. The quantitative estimate of drug-likeness (QED) is 0.359. The van der Waals surface area contributed by atoms with Gasteiger partial charge in [-0.15, -0.1) is 0 Å². The molecule has 0 spiro atoms. The Balaban J connectivity index is 2.05. The van der Waals surface area contributed by atoms with Crippen molar-refractivity contribution in [1.82, 2.24) is 10.2 Å². The molecular weight excluding hydrogens is 514 g/mol. The standard InChI is InChI=1S/C30H37N3O5S/c1-6-17-31-30(35)24(4)32(20-25-11-10-12-26(19-25)38-5)29(34)21-33(28-16-15-22(2)18-23(28)3)39(36,37)27-13-8-7-9-14-27/h7-16,18-19,24H,6,17,20-21H2,1-5H3,(H,31,35). The number of carbonyl (C=O) groups is 2. The average molecular weight is 552 g/mol. The van der Waals surface area contributed by atoms with Gasteiger partial charge in [-0.1, -0.05) is 55.0 Å². The van der Waals surface area contributed by atoms with Gasteiger partial charge in [0.05, 0.1) is 17.7 Å². The Kier molecular flexibility index (Phi) is 10.1. The largest absolute Gasteiger partial charge is 0.497 e. The molecule has 1 unspecified atom stereocenters. The predicted molar refractivity (Wildman–Crippen MR) is 153 cm³/mol. The van der Waals surface area contributed by atoms with Gasteiger partial charge < -0.3 is 15.0 Å². The Morgan fingerprint density at radius 2 is 1.69 bits per heavy atom. The van der Waals surface area contributed by atoms with Crippen molar-refractivity contribution in [2.45, 2.75) is 51.6 Å². The molecule has 8 nitrogen and oxygen atoms in total. The molecule has 9 heteroatoms. The van der Waals surface area contributed by atoms with Crippen LogP contribution >= 0.6 is 0 Å². The molecule has 1 N–H and O–H groups in total. The molecule has 2 amide bonds. The van der Waals surface area contributed by atoms with Crippen LogP contribution in [-0.4, -0.2) is 51.4 Å². The number of hydrogen-bond acceptors (Lipinski definition) is 5. The first-order valence-corrected chi connectivity index (χ1v) is 14.4. The molecule has 0 saturated carbocycles. The van der Waals surface area contributed by atoms with Gasteiger partial charge in [0.1, 0.15) is 18.3 Å². The Morgan fingerprint density at radius 1 is 0.974 bits per heavy atom. The summed E-state index contributed by atoms with van der Waals surface area (Å²) in [5.41, 5.74) is 2.85. The number of ether oxygens (including phenoxy) is 1. The van der Waals surface area contributed by atoms with E-state index in [4.69, 9.17) is 4.74 Å². The summed E-state index contributed by atoms with van der Waals surface area (Å²) in [5.74, 6) is -0.194. The van der Waals surface area contributed by atoms with E-state index in [0.29, 0.717) is 18.0 Å². The van der Waals surface area contributed by atoms with Crippen molar-refractivity contribution in [3.8, 4) is 5.75 Å². The van der Waals surface area contributed by atoms with Crippen molar-refractivity contribution in [3.63, 3.8) is 0 Å². The highest BCUT2D eigenvalue weighted by molar-refractivity contribution is 7.92. The van der Waals surface area contributed by atoms with E-state index in [9.17, 15) is 18.0 Å². The second-order valence-corrected chi connectivity index (χ2v) is 11.3. The number of nitrogens with zero attached hydrogens (tertiary/aromatic N) is 2. The highest BCUT2D eigenvalue weighted by Crippen LogP contribution is 2.28. The monoisotopic (exact) mass is 551 g/mol. The number of carbonyl (C=O) groups excluding carboxylic acids is 2. The van der Waals surface area contributed by atoms with Crippen molar-refractivity contribution in [3.05, 3.63) is 89.5 Å². The summed E-state index contributed by atoms with van der Waals surface area (Å²) < 4.78 is 34.2. The first-order chi connectivity index (χ1) is 18.6. The van der Waals surface area contributed by atoms with Crippen LogP contribution in [-0.2, 0) is 26.2 Å². The molecule has 0 fully saturated rings. The molecule has 1 atom stereocenters. The fourth-order valence-electron chi connectivity index (χ4n) is 4.26. The number of nitrogens with one attached hydrogen (secondary N) is 1. The molecule has 208 valence electrons. The minimum absolute atomic E-state index is 0.0749.